The van der Waals surface area contributed by atoms with Gasteiger partial charge >= 0.3 is 11.9 Å². The summed E-state index contributed by atoms with van der Waals surface area (Å²) in [5, 5.41) is 8.78. The van der Waals surface area contributed by atoms with Crippen molar-refractivity contribution in [1.29, 1.82) is 0 Å². The Hall–Kier alpha value is -1.99. The number of pyridine rings is 1. The molecule has 0 aliphatic rings. The van der Waals surface area contributed by atoms with Crippen molar-refractivity contribution >= 4 is 11.9 Å². The third-order valence-electron chi connectivity index (χ3n) is 2.19. The van der Waals surface area contributed by atoms with Gasteiger partial charge in [-0.2, -0.15) is 0 Å². The van der Waals surface area contributed by atoms with Gasteiger partial charge < -0.3 is 21.3 Å². The molecule has 0 radical (unpaired) electrons. The number of carboxylic acid groups (broad SMARTS) is 1. The van der Waals surface area contributed by atoms with E-state index in [4.69, 9.17) is 21.3 Å². The number of esters is 1. The van der Waals surface area contributed by atoms with Crippen LogP contribution in [0.15, 0.2) is 24.5 Å². The maximum absolute atomic E-state index is 11.5. The maximum atomic E-state index is 11.5. The number of ether oxygens (including phenoxy) is 1. The molecule has 0 fully saturated rings. The molecular weight excluding hydrogens is 226 g/mol. The molecule has 0 aromatic carbocycles. The molecule has 0 amide bonds. The van der Waals surface area contributed by atoms with Crippen LogP contribution in [0.2, 0.25) is 0 Å². The van der Waals surface area contributed by atoms with Crippen LogP contribution >= 0.6 is 0 Å². The average Bonchev–Trinajstić information content (AvgIpc) is 2.35. The monoisotopic (exact) mass is 239 g/mol. The highest BCUT2D eigenvalue weighted by Crippen LogP contribution is 2.06. The number of aromatic nitrogens is 1. The highest BCUT2D eigenvalue weighted by atomic mass is 16.5. The van der Waals surface area contributed by atoms with E-state index in [1.807, 2.05) is 0 Å². The summed E-state index contributed by atoms with van der Waals surface area (Å²) in [6.45, 7) is -0.606. The summed E-state index contributed by atoms with van der Waals surface area (Å²) >= 11 is 0. The maximum Gasteiger partial charge on any atom is 0.339 e. The van der Waals surface area contributed by atoms with E-state index < -0.39 is 24.0 Å². The van der Waals surface area contributed by atoms with Crippen molar-refractivity contribution in [1.82, 2.24) is 4.98 Å². The van der Waals surface area contributed by atoms with E-state index in [9.17, 15) is 9.59 Å². The molecule has 1 atom stereocenters. The van der Waals surface area contributed by atoms with Crippen molar-refractivity contribution in [2.75, 3.05) is 6.54 Å². The average molecular weight is 239 g/mol. The lowest BCUT2D eigenvalue weighted by molar-refractivity contribution is -0.161. The fourth-order valence-electron chi connectivity index (χ4n) is 1.01. The fourth-order valence-corrected chi connectivity index (χ4v) is 1.01. The first-order valence-corrected chi connectivity index (χ1v) is 4.79. The second-order valence-electron chi connectivity index (χ2n) is 3.41. The Balaban J connectivity index is 2.64. The number of carbonyl (C=O) groups is 2. The Morgan fingerprint density at radius 2 is 2.00 bits per heavy atom. The minimum Gasteiger partial charge on any atom is -0.479 e. The molecule has 7 heteroatoms. The van der Waals surface area contributed by atoms with Gasteiger partial charge in [0.15, 0.2) is 0 Å². The molecule has 0 bridgehead atoms. The van der Waals surface area contributed by atoms with E-state index in [-0.39, 0.29) is 6.61 Å². The lowest BCUT2D eigenvalue weighted by Gasteiger charge is -2.20. The molecule has 1 unspecified atom stereocenters. The van der Waals surface area contributed by atoms with Gasteiger partial charge in [0, 0.05) is 18.9 Å². The third kappa shape index (κ3) is 2.99. The zero-order chi connectivity index (χ0) is 12.9. The van der Waals surface area contributed by atoms with Crippen LogP contribution in [-0.2, 0) is 20.9 Å². The molecule has 1 heterocycles. The minimum atomic E-state index is -2.20. The van der Waals surface area contributed by atoms with Crippen LogP contribution in [-0.4, -0.2) is 34.1 Å². The summed E-state index contributed by atoms with van der Waals surface area (Å²) in [7, 11) is 0. The lowest BCUT2D eigenvalue weighted by atomic mass is 10.0. The number of carboxylic acids is 1. The Morgan fingerprint density at radius 1 is 1.41 bits per heavy atom. The van der Waals surface area contributed by atoms with Crippen molar-refractivity contribution in [2.24, 2.45) is 11.5 Å². The predicted molar refractivity (Wildman–Crippen MR) is 57.6 cm³/mol. The van der Waals surface area contributed by atoms with E-state index in [2.05, 4.69) is 4.98 Å². The fraction of sp³-hybridized carbons (Fsp3) is 0.300. The minimum absolute atomic E-state index is 0.0758. The van der Waals surface area contributed by atoms with Crippen LogP contribution in [0, 0.1) is 0 Å². The van der Waals surface area contributed by atoms with Gasteiger partial charge in [0.2, 0.25) is 5.54 Å². The molecule has 92 valence electrons. The van der Waals surface area contributed by atoms with Crippen molar-refractivity contribution in [2.45, 2.75) is 12.1 Å². The SMILES string of the molecule is NCC(N)(C(=O)O)C(=O)OCc1ccncc1. The Kier molecular flexibility index (Phi) is 4.13. The molecule has 1 rings (SSSR count). The van der Waals surface area contributed by atoms with Gasteiger partial charge in [0.25, 0.3) is 0 Å². The highest BCUT2D eigenvalue weighted by Gasteiger charge is 2.42. The number of rotatable bonds is 5. The van der Waals surface area contributed by atoms with E-state index >= 15 is 0 Å². The van der Waals surface area contributed by atoms with E-state index in [1.54, 1.807) is 12.1 Å². The summed E-state index contributed by atoms with van der Waals surface area (Å²) < 4.78 is 4.79. The van der Waals surface area contributed by atoms with Gasteiger partial charge in [-0.05, 0) is 17.7 Å². The van der Waals surface area contributed by atoms with E-state index in [0.29, 0.717) is 5.56 Å². The molecule has 0 saturated heterocycles. The summed E-state index contributed by atoms with van der Waals surface area (Å²) in [5.41, 5.74) is 8.97. The van der Waals surface area contributed by atoms with Gasteiger partial charge in [0.05, 0.1) is 0 Å². The van der Waals surface area contributed by atoms with Gasteiger partial charge in [-0.1, -0.05) is 0 Å². The largest absolute Gasteiger partial charge is 0.479 e. The first-order chi connectivity index (χ1) is 8.00. The van der Waals surface area contributed by atoms with E-state index in [1.165, 1.54) is 12.4 Å². The quantitative estimate of drug-likeness (QED) is 0.437. The molecule has 17 heavy (non-hydrogen) atoms. The van der Waals surface area contributed by atoms with Crippen LogP contribution < -0.4 is 11.5 Å². The summed E-state index contributed by atoms with van der Waals surface area (Å²) in [4.78, 5) is 26.1. The zero-order valence-electron chi connectivity index (χ0n) is 9.00. The Bertz CT molecular complexity index is 409. The summed E-state index contributed by atoms with van der Waals surface area (Å²) in [6, 6.07) is 3.27. The second kappa shape index (κ2) is 5.37. The Labute approximate surface area is 97.4 Å². The van der Waals surface area contributed by atoms with Gasteiger partial charge in [-0.25, -0.2) is 9.59 Å². The zero-order valence-corrected chi connectivity index (χ0v) is 9.00. The molecule has 0 aliphatic carbocycles. The first-order valence-electron chi connectivity index (χ1n) is 4.79. The summed E-state index contributed by atoms with van der Waals surface area (Å²) in [5.74, 6) is -2.58. The standard InChI is InChI=1S/C10H13N3O4/c11-6-10(12,8(14)15)9(16)17-5-7-1-3-13-4-2-7/h1-4H,5-6,11-12H2,(H,14,15). The van der Waals surface area contributed by atoms with Crippen LogP contribution in [0.5, 0.6) is 0 Å². The van der Waals surface area contributed by atoms with Gasteiger partial charge in [-0.3, -0.25) is 4.98 Å². The molecule has 5 N–H and O–H groups in total. The Morgan fingerprint density at radius 3 is 2.47 bits per heavy atom. The molecule has 0 spiro atoms. The number of hydrogen-bond donors (Lipinski definition) is 3. The van der Waals surface area contributed by atoms with Crippen molar-refractivity contribution in [3.05, 3.63) is 30.1 Å². The van der Waals surface area contributed by atoms with Crippen LogP contribution in [0.3, 0.4) is 0 Å². The second-order valence-corrected chi connectivity index (χ2v) is 3.41. The number of nitrogens with two attached hydrogens (primary N) is 2. The number of carbonyl (C=O) groups excluding carboxylic acids is 1. The van der Waals surface area contributed by atoms with Crippen LogP contribution in [0.1, 0.15) is 5.56 Å². The highest BCUT2D eigenvalue weighted by molar-refractivity contribution is 6.04. The third-order valence-corrected chi connectivity index (χ3v) is 2.19. The van der Waals surface area contributed by atoms with Crippen molar-refractivity contribution in [3.63, 3.8) is 0 Å². The van der Waals surface area contributed by atoms with Crippen LogP contribution in [0.4, 0.5) is 0 Å². The van der Waals surface area contributed by atoms with Gasteiger partial charge in [0.1, 0.15) is 6.61 Å². The smallest absolute Gasteiger partial charge is 0.339 e. The lowest BCUT2D eigenvalue weighted by Crippen LogP contribution is -2.60. The predicted octanol–water partition coefficient (Wildman–Crippen LogP) is -1.13. The number of nitrogens with zero attached hydrogens (tertiary/aromatic N) is 1. The van der Waals surface area contributed by atoms with Crippen molar-refractivity contribution < 1.29 is 19.4 Å². The van der Waals surface area contributed by atoms with E-state index in [0.717, 1.165) is 0 Å². The molecule has 0 saturated carbocycles. The first kappa shape index (κ1) is 13.1. The molecule has 7 nitrogen and oxygen atoms in total. The topological polar surface area (TPSA) is 129 Å². The van der Waals surface area contributed by atoms with Crippen LogP contribution in [0.25, 0.3) is 0 Å². The number of hydrogen-bond acceptors (Lipinski definition) is 6. The normalized spacial score (nSPS) is 13.8. The van der Waals surface area contributed by atoms with Gasteiger partial charge in [-0.15, -0.1) is 0 Å². The molecular formula is C10H13N3O4. The summed E-state index contributed by atoms with van der Waals surface area (Å²) in [6.07, 6.45) is 3.05. The van der Waals surface area contributed by atoms with Crippen molar-refractivity contribution in [3.8, 4) is 0 Å². The number of aliphatic carboxylic acids is 1. The molecule has 1 aromatic rings. The molecule has 0 aliphatic heterocycles. The molecule has 1 aromatic heterocycles.